The molecule has 3 heteroatoms. The summed E-state index contributed by atoms with van der Waals surface area (Å²) in [4.78, 5) is 11.5. The fourth-order valence-electron chi connectivity index (χ4n) is 10.0. The Bertz CT molecular complexity index is 697. The minimum atomic E-state index is -0.0942. The molecule has 3 nitrogen and oxygen atoms in total. The minimum Gasteiger partial charge on any atom is -0.463 e. The monoisotopic (exact) mass is 444 g/mol. The average molecular weight is 445 g/mol. The topological polar surface area (TPSA) is 35.5 Å². The average Bonchev–Trinajstić information content (AvgIpc) is 3.11. The van der Waals surface area contributed by atoms with Gasteiger partial charge >= 0.3 is 5.97 Å². The molecule has 5 aliphatic rings. The van der Waals surface area contributed by atoms with Crippen molar-refractivity contribution in [1.29, 1.82) is 0 Å². The zero-order valence-electron chi connectivity index (χ0n) is 21.4. The highest BCUT2D eigenvalue weighted by molar-refractivity contribution is 5.66. The molecule has 0 N–H and O–H groups in total. The number of hydrogen-bond donors (Lipinski definition) is 0. The van der Waals surface area contributed by atoms with Crippen molar-refractivity contribution in [3.8, 4) is 0 Å². The molecule has 0 radical (unpaired) electrons. The number of esters is 1. The van der Waals surface area contributed by atoms with Gasteiger partial charge in [-0.15, -0.1) is 0 Å². The highest BCUT2D eigenvalue weighted by Crippen LogP contribution is 2.68. The number of hydrogen-bond acceptors (Lipinski definition) is 3. The molecule has 5 rings (SSSR count). The van der Waals surface area contributed by atoms with E-state index in [-0.39, 0.29) is 12.1 Å². The first kappa shape index (κ1) is 23.2. The van der Waals surface area contributed by atoms with E-state index in [9.17, 15) is 4.79 Å². The van der Waals surface area contributed by atoms with Crippen molar-refractivity contribution in [2.45, 2.75) is 117 Å². The number of fused-ring (bicyclic) bond motifs is 5. The summed E-state index contributed by atoms with van der Waals surface area (Å²) in [7, 11) is 0. The third kappa shape index (κ3) is 3.77. The lowest BCUT2D eigenvalue weighted by Gasteiger charge is -2.61. The predicted molar refractivity (Wildman–Crippen MR) is 128 cm³/mol. The predicted octanol–water partition coefficient (Wildman–Crippen LogP) is 7.03. The Morgan fingerprint density at radius 3 is 2.41 bits per heavy atom. The van der Waals surface area contributed by atoms with E-state index >= 15 is 0 Å². The second kappa shape index (κ2) is 8.58. The van der Waals surface area contributed by atoms with Crippen LogP contribution in [0.4, 0.5) is 0 Å². The Kier molecular flexibility index (Phi) is 6.22. The number of carbonyl (C=O) groups excluding carboxylic acids is 1. The number of carbonyl (C=O) groups is 1. The third-order valence-corrected chi connectivity index (χ3v) is 11.8. The molecule has 1 saturated heterocycles. The van der Waals surface area contributed by atoms with E-state index in [4.69, 9.17) is 9.47 Å². The van der Waals surface area contributed by atoms with Crippen LogP contribution in [0.15, 0.2) is 0 Å². The molecule has 0 aromatic heterocycles. The molecule has 1 heterocycles. The molecule has 11 atom stereocenters. The Morgan fingerprint density at radius 2 is 1.69 bits per heavy atom. The molecule has 0 aromatic carbocycles. The Hall–Kier alpha value is -0.570. The van der Waals surface area contributed by atoms with Crippen LogP contribution in [0.25, 0.3) is 0 Å². The van der Waals surface area contributed by atoms with Crippen molar-refractivity contribution in [1.82, 2.24) is 0 Å². The first-order valence-electron chi connectivity index (χ1n) is 14.0. The van der Waals surface area contributed by atoms with Crippen molar-refractivity contribution in [2.24, 2.45) is 52.3 Å². The molecular weight excluding hydrogens is 396 g/mol. The first-order chi connectivity index (χ1) is 15.2. The van der Waals surface area contributed by atoms with Crippen molar-refractivity contribution < 1.29 is 14.3 Å². The van der Waals surface area contributed by atoms with Gasteiger partial charge in [-0.2, -0.15) is 0 Å². The molecule has 0 bridgehead atoms. The SMILES string of the molecule is CC(=O)OC1CC[C@@]2(C)C(CC[C@H]3[C@@H]4CC[C@H](C(C)C5CCC(C)CO5)[C@@]4(C)CC[C@@H]32)C1. The van der Waals surface area contributed by atoms with Crippen LogP contribution in [-0.4, -0.2) is 24.8 Å². The molecule has 5 unspecified atom stereocenters. The van der Waals surface area contributed by atoms with Crippen LogP contribution < -0.4 is 0 Å². The summed E-state index contributed by atoms with van der Waals surface area (Å²) >= 11 is 0. The van der Waals surface area contributed by atoms with Gasteiger partial charge in [0.25, 0.3) is 0 Å². The van der Waals surface area contributed by atoms with Crippen LogP contribution in [0.3, 0.4) is 0 Å². The van der Waals surface area contributed by atoms with Crippen LogP contribution in [0, 0.1) is 52.3 Å². The van der Waals surface area contributed by atoms with Crippen LogP contribution in [0.2, 0.25) is 0 Å². The summed E-state index contributed by atoms with van der Waals surface area (Å²) in [6, 6.07) is 0. The Balaban J connectivity index is 1.29. The largest absolute Gasteiger partial charge is 0.463 e. The molecule has 4 saturated carbocycles. The molecular formula is C29H48O3. The number of ether oxygens (including phenoxy) is 2. The first-order valence-corrected chi connectivity index (χ1v) is 14.0. The van der Waals surface area contributed by atoms with Gasteiger partial charge in [0, 0.05) is 13.5 Å². The third-order valence-electron chi connectivity index (χ3n) is 11.8. The van der Waals surface area contributed by atoms with Gasteiger partial charge in [-0.25, -0.2) is 0 Å². The summed E-state index contributed by atoms with van der Waals surface area (Å²) < 4.78 is 12.0. The van der Waals surface area contributed by atoms with Gasteiger partial charge in [-0.3, -0.25) is 4.79 Å². The van der Waals surface area contributed by atoms with Crippen LogP contribution in [0.1, 0.15) is 105 Å². The maximum absolute atomic E-state index is 11.5. The van der Waals surface area contributed by atoms with Gasteiger partial charge in [0.15, 0.2) is 0 Å². The lowest BCUT2D eigenvalue weighted by Crippen LogP contribution is -2.54. The maximum atomic E-state index is 11.5. The van der Waals surface area contributed by atoms with Gasteiger partial charge < -0.3 is 9.47 Å². The van der Waals surface area contributed by atoms with Gasteiger partial charge in [0.2, 0.25) is 0 Å². The number of rotatable bonds is 3. The molecule has 182 valence electrons. The van der Waals surface area contributed by atoms with Crippen LogP contribution in [0.5, 0.6) is 0 Å². The van der Waals surface area contributed by atoms with Crippen molar-refractivity contribution >= 4 is 5.97 Å². The molecule has 0 amide bonds. The molecule has 0 spiro atoms. The van der Waals surface area contributed by atoms with E-state index in [1.165, 1.54) is 57.8 Å². The highest BCUT2D eigenvalue weighted by atomic mass is 16.5. The van der Waals surface area contributed by atoms with E-state index in [1.807, 2.05) is 0 Å². The van der Waals surface area contributed by atoms with Crippen molar-refractivity contribution in [3.05, 3.63) is 0 Å². The normalized spacial score (nSPS) is 51.8. The zero-order chi connectivity index (χ0) is 22.7. The second-order valence-corrected chi connectivity index (χ2v) is 13.3. The fourth-order valence-corrected chi connectivity index (χ4v) is 10.0. The lowest BCUT2D eigenvalue weighted by molar-refractivity contribution is -0.161. The molecule has 4 aliphatic carbocycles. The van der Waals surface area contributed by atoms with Gasteiger partial charge in [0.1, 0.15) is 6.10 Å². The van der Waals surface area contributed by atoms with E-state index < -0.39 is 0 Å². The van der Waals surface area contributed by atoms with E-state index in [2.05, 4.69) is 27.7 Å². The van der Waals surface area contributed by atoms with E-state index in [1.54, 1.807) is 6.92 Å². The molecule has 5 fully saturated rings. The van der Waals surface area contributed by atoms with E-state index in [0.717, 1.165) is 55.0 Å². The minimum absolute atomic E-state index is 0.0942. The zero-order valence-corrected chi connectivity index (χ0v) is 21.4. The molecule has 32 heavy (non-hydrogen) atoms. The summed E-state index contributed by atoms with van der Waals surface area (Å²) in [5.74, 6) is 5.68. The summed E-state index contributed by atoms with van der Waals surface area (Å²) in [6.07, 6.45) is 15.2. The molecule has 1 aliphatic heterocycles. The molecule has 0 aromatic rings. The lowest BCUT2D eigenvalue weighted by atomic mass is 9.44. The smallest absolute Gasteiger partial charge is 0.302 e. The maximum Gasteiger partial charge on any atom is 0.302 e. The fraction of sp³-hybridized carbons (Fsp3) is 0.966. The van der Waals surface area contributed by atoms with Gasteiger partial charge in [0.05, 0.1) is 6.10 Å². The van der Waals surface area contributed by atoms with Crippen molar-refractivity contribution in [3.63, 3.8) is 0 Å². The Labute approximate surface area is 196 Å². The standard InChI is InChI=1S/C29H48O3/c1-18-6-11-27(31-17-18)19(2)24-9-10-25-23-8-7-21-16-22(32-20(3)30)12-14-28(21,4)26(23)13-15-29(24,25)5/h18-19,21-27H,6-17H2,1-5H3/t18?,19?,21?,22?,23-,24+,25-,26-,27?,28-,29+/m0/s1. The second-order valence-electron chi connectivity index (χ2n) is 13.3. The summed E-state index contributed by atoms with van der Waals surface area (Å²) in [5.41, 5.74) is 0.984. The van der Waals surface area contributed by atoms with Crippen LogP contribution >= 0.6 is 0 Å². The summed E-state index contributed by atoms with van der Waals surface area (Å²) in [6.45, 7) is 12.7. The van der Waals surface area contributed by atoms with Crippen molar-refractivity contribution in [2.75, 3.05) is 6.61 Å². The van der Waals surface area contributed by atoms with Gasteiger partial charge in [-0.05, 0) is 123 Å². The summed E-state index contributed by atoms with van der Waals surface area (Å²) in [5, 5.41) is 0. The Morgan fingerprint density at radius 1 is 0.938 bits per heavy atom. The highest BCUT2D eigenvalue weighted by Gasteiger charge is 2.61. The van der Waals surface area contributed by atoms with Crippen LogP contribution in [-0.2, 0) is 14.3 Å². The van der Waals surface area contributed by atoms with Gasteiger partial charge in [-0.1, -0.05) is 27.7 Å². The quantitative estimate of drug-likeness (QED) is 0.438. The van der Waals surface area contributed by atoms with E-state index in [0.29, 0.717) is 22.9 Å².